The maximum absolute atomic E-state index is 11.9. The molecule has 3 aromatic carbocycles. The van der Waals surface area contributed by atoms with Crippen molar-refractivity contribution in [3.63, 3.8) is 0 Å². The number of amidine groups is 1. The molecule has 29 heavy (non-hydrogen) atoms. The highest BCUT2D eigenvalue weighted by Crippen LogP contribution is 2.31. The maximum Gasteiger partial charge on any atom is 0.337 e. The Labute approximate surface area is 170 Å². The molecular weight excluding hydrogens is 364 g/mol. The fraction of sp³-hybridized carbons (Fsp3) is 0.167. The molecule has 1 unspecified atom stereocenters. The molecule has 0 aliphatic carbocycles. The van der Waals surface area contributed by atoms with Crippen molar-refractivity contribution in [2.75, 3.05) is 14.2 Å². The van der Waals surface area contributed by atoms with Gasteiger partial charge in [-0.2, -0.15) is 0 Å². The van der Waals surface area contributed by atoms with Gasteiger partial charge in [0.25, 0.3) is 0 Å². The molecule has 0 radical (unpaired) electrons. The van der Waals surface area contributed by atoms with Crippen molar-refractivity contribution < 1.29 is 14.3 Å². The predicted octanol–water partition coefficient (Wildman–Crippen LogP) is 4.50. The number of ether oxygens (including phenoxy) is 2. The molecule has 0 aliphatic heterocycles. The first-order valence-corrected chi connectivity index (χ1v) is 9.31. The van der Waals surface area contributed by atoms with Gasteiger partial charge in [0.1, 0.15) is 17.3 Å². The minimum absolute atomic E-state index is 0.120. The smallest absolute Gasteiger partial charge is 0.337 e. The normalized spacial score (nSPS) is 12.3. The van der Waals surface area contributed by atoms with Crippen molar-refractivity contribution >= 4 is 17.5 Å². The van der Waals surface area contributed by atoms with E-state index >= 15 is 0 Å². The summed E-state index contributed by atoms with van der Waals surface area (Å²) in [5.41, 5.74) is 9.60. The van der Waals surface area contributed by atoms with Crippen LogP contribution in [0.1, 0.15) is 27.4 Å². The van der Waals surface area contributed by atoms with Gasteiger partial charge in [-0.1, -0.05) is 60.7 Å². The average Bonchev–Trinajstić information content (AvgIpc) is 2.78. The van der Waals surface area contributed by atoms with Crippen molar-refractivity contribution in [1.29, 1.82) is 0 Å². The lowest BCUT2D eigenvalue weighted by Crippen LogP contribution is -2.23. The highest BCUT2D eigenvalue weighted by atomic mass is 16.5. The molecule has 3 aromatic rings. The average molecular weight is 388 g/mol. The Morgan fingerprint density at radius 2 is 1.62 bits per heavy atom. The molecule has 0 saturated heterocycles. The molecule has 0 aromatic heterocycles. The molecule has 148 valence electrons. The molecule has 3 rings (SSSR count). The molecule has 5 heteroatoms. The Kier molecular flexibility index (Phi) is 6.63. The molecule has 0 aliphatic rings. The Balaban J connectivity index is 2.02. The standard InChI is InChI=1S/C24H24N2O3/c1-28-22-14-13-19(24(27)29-2)16-21(22)26-23(25)20(18-11-7-4-8-12-18)15-17-9-5-3-6-10-17/h3-14,16,20H,15H2,1-2H3,(H2,25,26). The van der Waals surface area contributed by atoms with Gasteiger partial charge in [0.05, 0.1) is 19.8 Å². The number of esters is 1. The molecule has 0 spiro atoms. The summed E-state index contributed by atoms with van der Waals surface area (Å²) >= 11 is 0. The van der Waals surface area contributed by atoms with Gasteiger partial charge in [0.2, 0.25) is 0 Å². The number of nitrogens with zero attached hydrogens (tertiary/aromatic N) is 1. The predicted molar refractivity (Wildman–Crippen MR) is 115 cm³/mol. The van der Waals surface area contributed by atoms with Crippen molar-refractivity contribution in [2.45, 2.75) is 12.3 Å². The van der Waals surface area contributed by atoms with Gasteiger partial charge >= 0.3 is 5.97 Å². The summed E-state index contributed by atoms with van der Waals surface area (Å²) in [7, 11) is 2.90. The summed E-state index contributed by atoms with van der Waals surface area (Å²) in [6.07, 6.45) is 0.708. The number of benzene rings is 3. The second-order valence-corrected chi connectivity index (χ2v) is 6.57. The van der Waals surface area contributed by atoms with Crippen LogP contribution in [0.15, 0.2) is 83.9 Å². The lowest BCUT2D eigenvalue weighted by molar-refractivity contribution is 0.0600. The summed E-state index contributed by atoms with van der Waals surface area (Å²) < 4.78 is 10.2. The van der Waals surface area contributed by atoms with Crippen LogP contribution < -0.4 is 10.5 Å². The van der Waals surface area contributed by atoms with E-state index in [4.69, 9.17) is 15.2 Å². The maximum atomic E-state index is 11.9. The van der Waals surface area contributed by atoms with Gasteiger partial charge in [0.15, 0.2) is 0 Å². The van der Waals surface area contributed by atoms with Crippen molar-refractivity contribution in [3.8, 4) is 5.75 Å². The number of nitrogens with two attached hydrogens (primary N) is 1. The number of aliphatic imine (C=N–C) groups is 1. The van der Waals surface area contributed by atoms with Crippen LogP contribution in [0.4, 0.5) is 5.69 Å². The summed E-state index contributed by atoms with van der Waals surface area (Å²) in [5.74, 6) is 0.421. The van der Waals surface area contributed by atoms with Crippen LogP contribution in [0.25, 0.3) is 0 Å². The number of hydrogen-bond donors (Lipinski definition) is 1. The van der Waals surface area contributed by atoms with Crippen molar-refractivity contribution in [3.05, 3.63) is 95.6 Å². The number of methoxy groups -OCH3 is 2. The summed E-state index contributed by atoms with van der Waals surface area (Å²) in [4.78, 5) is 16.5. The third-order valence-corrected chi connectivity index (χ3v) is 4.69. The molecule has 0 heterocycles. The summed E-state index contributed by atoms with van der Waals surface area (Å²) in [6.45, 7) is 0. The number of carbonyl (C=O) groups excluding carboxylic acids is 1. The molecule has 0 fully saturated rings. The van der Waals surface area contributed by atoms with E-state index in [1.165, 1.54) is 7.11 Å². The van der Waals surface area contributed by atoms with Crippen LogP contribution in [-0.4, -0.2) is 26.0 Å². The van der Waals surface area contributed by atoms with Crippen LogP contribution in [-0.2, 0) is 11.2 Å². The van der Waals surface area contributed by atoms with Crippen molar-refractivity contribution in [1.82, 2.24) is 0 Å². The molecule has 2 N–H and O–H groups in total. The van der Waals surface area contributed by atoms with E-state index in [0.717, 1.165) is 11.1 Å². The fourth-order valence-electron chi connectivity index (χ4n) is 3.17. The van der Waals surface area contributed by atoms with Crippen molar-refractivity contribution in [2.24, 2.45) is 10.7 Å². The molecule has 1 atom stereocenters. The molecule has 0 bridgehead atoms. The zero-order chi connectivity index (χ0) is 20.6. The zero-order valence-electron chi connectivity index (χ0n) is 16.5. The monoisotopic (exact) mass is 388 g/mol. The Morgan fingerprint density at radius 1 is 0.966 bits per heavy atom. The Bertz CT molecular complexity index is 986. The fourth-order valence-corrected chi connectivity index (χ4v) is 3.17. The van der Waals surface area contributed by atoms with Gasteiger partial charge in [-0.25, -0.2) is 9.79 Å². The van der Waals surface area contributed by atoms with E-state index in [1.807, 2.05) is 48.5 Å². The van der Waals surface area contributed by atoms with Crippen LogP contribution in [0, 0.1) is 0 Å². The van der Waals surface area contributed by atoms with Crippen LogP contribution >= 0.6 is 0 Å². The summed E-state index contributed by atoms with van der Waals surface area (Å²) in [6, 6.07) is 25.1. The first-order chi connectivity index (χ1) is 14.1. The molecular formula is C24H24N2O3. The highest BCUT2D eigenvalue weighted by Gasteiger charge is 2.18. The van der Waals surface area contributed by atoms with Gasteiger partial charge < -0.3 is 15.2 Å². The zero-order valence-corrected chi connectivity index (χ0v) is 16.5. The second kappa shape index (κ2) is 9.55. The molecule has 5 nitrogen and oxygen atoms in total. The topological polar surface area (TPSA) is 73.9 Å². The Hall–Kier alpha value is -3.60. The van der Waals surface area contributed by atoms with E-state index in [2.05, 4.69) is 17.1 Å². The minimum atomic E-state index is -0.438. The third-order valence-electron chi connectivity index (χ3n) is 4.69. The lowest BCUT2D eigenvalue weighted by atomic mass is 9.91. The van der Waals surface area contributed by atoms with E-state index < -0.39 is 5.97 Å². The van der Waals surface area contributed by atoms with E-state index in [-0.39, 0.29) is 5.92 Å². The second-order valence-electron chi connectivity index (χ2n) is 6.57. The number of rotatable bonds is 7. The highest BCUT2D eigenvalue weighted by molar-refractivity contribution is 5.93. The summed E-state index contributed by atoms with van der Waals surface area (Å²) in [5, 5.41) is 0. The van der Waals surface area contributed by atoms with Crippen LogP contribution in [0.3, 0.4) is 0 Å². The van der Waals surface area contributed by atoms with Gasteiger partial charge in [0, 0.05) is 5.92 Å². The van der Waals surface area contributed by atoms with Gasteiger partial charge in [-0.3, -0.25) is 0 Å². The van der Waals surface area contributed by atoms with Crippen LogP contribution in [0.5, 0.6) is 5.75 Å². The molecule has 0 amide bonds. The first-order valence-electron chi connectivity index (χ1n) is 9.31. The number of carbonyl (C=O) groups is 1. The molecule has 0 saturated carbocycles. The van der Waals surface area contributed by atoms with Gasteiger partial charge in [-0.15, -0.1) is 0 Å². The van der Waals surface area contributed by atoms with Gasteiger partial charge in [-0.05, 0) is 35.7 Å². The SMILES string of the molecule is COC(=O)c1ccc(OC)c(N=C(N)C(Cc2ccccc2)c2ccccc2)c1. The van der Waals surface area contributed by atoms with Crippen LogP contribution in [0.2, 0.25) is 0 Å². The largest absolute Gasteiger partial charge is 0.494 e. The minimum Gasteiger partial charge on any atom is -0.494 e. The first kappa shape index (κ1) is 20.1. The Morgan fingerprint density at radius 3 is 2.24 bits per heavy atom. The van der Waals surface area contributed by atoms with E-state index in [0.29, 0.717) is 29.3 Å². The third kappa shape index (κ3) is 5.02. The number of hydrogen-bond acceptors (Lipinski definition) is 4. The quantitative estimate of drug-likeness (QED) is 0.367. The lowest BCUT2D eigenvalue weighted by Gasteiger charge is -2.18. The van der Waals surface area contributed by atoms with E-state index in [9.17, 15) is 4.79 Å². The van der Waals surface area contributed by atoms with E-state index in [1.54, 1.807) is 25.3 Å².